The van der Waals surface area contributed by atoms with Crippen LogP contribution in [-0.2, 0) is 11.2 Å². The number of hydrogen-bond donors (Lipinski definition) is 2. The molecule has 1 unspecified atom stereocenters. The Hall–Kier alpha value is -3.25. The minimum Gasteiger partial charge on any atom is -0.388 e. The van der Waals surface area contributed by atoms with Crippen LogP contribution >= 0.6 is 0 Å². The Morgan fingerprint density at radius 3 is 2.48 bits per heavy atom. The van der Waals surface area contributed by atoms with Gasteiger partial charge in [-0.3, -0.25) is 14.9 Å². The maximum absolute atomic E-state index is 12.0. The number of carbonyl (C=O) groups is 1. The molecule has 0 aromatic heterocycles. The number of benzene rings is 3. The lowest BCUT2D eigenvalue weighted by molar-refractivity contribution is -0.384. The Morgan fingerprint density at radius 2 is 1.74 bits per heavy atom. The van der Waals surface area contributed by atoms with Crippen LogP contribution in [0, 0.1) is 10.1 Å². The molecule has 0 spiro atoms. The molecule has 3 aromatic carbocycles. The van der Waals surface area contributed by atoms with Crippen molar-refractivity contribution < 1.29 is 14.8 Å². The molecule has 0 saturated carbocycles. The lowest BCUT2D eigenvalue weighted by Crippen LogP contribution is -2.27. The first-order valence-corrected chi connectivity index (χ1v) is 8.70. The molecule has 1 atom stereocenters. The maximum atomic E-state index is 12.0. The maximum Gasteiger partial charge on any atom is 0.269 e. The molecule has 0 aliphatic carbocycles. The van der Waals surface area contributed by atoms with Crippen LogP contribution in [0.3, 0.4) is 0 Å². The fourth-order valence-electron chi connectivity index (χ4n) is 3.03. The summed E-state index contributed by atoms with van der Waals surface area (Å²) in [7, 11) is 0. The molecule has 2 N–H and O–H groups in total. The predicted molar refractivity (Wildman–Crippen MR) is 103 cm³/mol. The SMILES string of the molecule is O=C(Cc1ccc([N+](=O)[O-])cc1)NCCC(O)c1cccc2ccccc12. The number of carbonyl (C=O) groups excluding carboxylic acids is 1. The number of aliphatic hydroxyl groups is 1. The zero-order valence-electron chi connectivity index (χ0n) is 14.7. The second-order valence-corrected chi connectivity index (χ2v) is 6.32. The Morgan fingerprint density at radius 1 is 1.04 bits per heavy atom. The molecule has 3 rings (SSSR count). The number of aliphatic hydroxyl groups excluding tert-OH is 1. The highest BCUT2D eigenvalue weighted by atomic mass is 16.6. The van der Waals surface area contributed by atoms with Gasteiger partial charge in [0.2, 0.25) is 5.91 Å². The monoisotopic (exact) mass is 364 g/mol. The highest BCUT2D eigenvalue weighted by Gasteiger charge is 2.12. The highest BCUT2D eigenvalue weighted by Crippen LogP contribution is 2.25. The van der Waals surface area contributed by atoms with Gasteiger partial charge in [0.1, 0.15) is 0 Å². The lowest BCUT2D eigenvalue weighted by atomic mass is 9.99. The number of amides is 1. The van der Waals surface area contributed by atoms with E-state index in [1.807, 2.05) is 42.5 Å². The standard InChI is InChI=1S/C21H20N2O4/c24-20(19-7-3-5-16-4-1-2-6-18(16)19)12-13-22-21(25)14-15-8-10-17(11-9-15)23(26)27/h1-11,20,24H,12-14H2,(H,22,25). The first-order chi connectivity index (χ1) is 13.0. The molecule has 0 aliphatic heterocycles. The van der Waals surface area contributed by atoms with Crippen LogP contribution < -0.4 is 5.32 Å². The van der Waals surface area contributed by atoms with E-state index in [0.717, 1.165) is 16.3 Å². The van der Waals surface area contributed by atoms with Crippen molar-refractivity contribution in [3.8, 4) is 0 Å². The summed E-state index contributed by atoms with van der Waals surface area (Å²) in [6, 6.07) is 19.6. The number of hydrogen-bond acceptors (Lipinski definition) is 4. The van der Waals surface area contributed by atoms with E-state index in [0.29, 0.717) is 18.5 Å². The van der Waals surface area contributed by atoms with Crippen LogP contribution in [0.15, 0.2) is 66.7 Å². The highest BCUT2D eigenvalue weighted by molar-refractivity contribution is 5.86. The summed E-state index contributed by atoms with van der Waals surface area (Å²) >= 11 is 0. The zero-order chi connectivity index (χ0) is 19.2. The van der Waals surface area contributed by atoms with Gasteiger partial charge in [0, 0.05) is 18.7 Å². The third kappa shape index (κ3) is 4.68. The smallest absolute Gasteiger partial charge is 0.269 e. The summed E-state index contributed by atoms with van der Waals surface area (Å²) in [5.41, 5.74) is 1.54. The number of rotatable bonds is 7. The molecule has 6 heteroatoms. The van der Waals surface area contributed by atoms with Gasteiger partial charge in [-0.25, -0.2) is 0 Å². The molecule has 27 heavy (non-hydrogen) atoms. The van der Waals surface area contributed by atoms with Gasteiger partial charge in [0.05, 0.1) is 17.4 Å². The van der Waals surface area contributed by atoms with Crippen molar-refractivity contribution in [3.05, 3.63) is 88.0 Å². The van der Waals surface area contributed by atoms with E-state index in [9.17, 15) is 20.0 Å². The fourth-order valence-corrected chi connectivity index (χ4v) is 3.03. The Bertz CT molecular complexity index is 949. The molecule has 0 aliphatic rings. The Balaban J connectivity index is 1.52. The molecule has 1 amide bonds. The largest absolute Gasteiger partial charge is 0.388 e. The molecular weight excluding hydrogens is 344 g/mol. The molecular formula is C21H20N2O4. The van der Waals surface area contributed by atoms with Gasteiger partial charge in [0.25, 0.3) is 5.69 Å². The van der Waals surface area contributed by atoms with E-state index in [2.05, 4.69) is 5.32 Å². The summed E-state index contributed by atoms with van der Waals surface area (Å²) < 4.78 is 0. The first kappa shape index (κ1) is 18.5. The van der Waals surface area contributed by atoms with E-state index >= 15 is 0 Å². The first-order valence-electron chi connectivity index (χ1n) is 8.70. The van der Waals surface area contributed by atoms with Crippen LogP contribution in [0.2, 0.25) is 0 Å². The van der Waals surface area contributed by atoms with Crippen molar-refractivity contribution in [2.75, 3.05) is 6.54 Å². The Kier molecular flexibility index (Phi) is 5.78. The number of non-ortho nitro benzene ring substituents is 1. The molecule has 0 heterocycles. The summed E-state index contributed by atoms with van der Waals surface area (Å²) in [6.07, 6.45) is -0.127. The van der Waals surface area contributed by atoms with Gasteiger partial charge in [-0.2, -0.15) is 0 Å². The molecule has 6 nitrogen and oxygen atoms in total. The van der Waals surface area contributed by atoms with Gasteiger partial charge in [0.15, 0.2) is 0 Å². The summed E-state index contributed by atoms with van der Waals surface area (Å²) in [6.45, 7) is 0.343. The predicted octanol–water partition coefficient (Wildman–Crippen LogP) is 3.53. The second kappa shape index (κ2) is 8.42. The third-order valence-corrected chi connectivity index (χ3v) is 4.43. The van der Waals surface area contributed by atoms with Crippen LogP contribution in [0.1, 0.15) is 23.7 Å². The van der Waals surface area contributed by atoms with Crippen molar-refractivity contribution in [1.82, 2.24) is 5.32 Å². The van der Waals surface area contributed by atoms with Crippen LogP contribution in [0.5, 0.6) is 0 Å². The van der Waals surface area contributed by atoms with E-state index in [-0.39, 0.29) is 18.0 Å². The summed E-state index contributed by atoms with van der Waals surface area (Å²) in [5.74, 6) is -0.186. The fraction of sp³-hybridized carbons (Fsp3) is 0.190. The zero-order valence-corrected chi connectivity index (χ0v) is 14.7. The van der Waals surface area contributed by atoms with Gasteiger partial charge >= 0.3 is 0 Å². The van der Waals surface area contributed by atoms with Crippen LogP contribution in [0.4, 0.5) is 5.69 Å². The second-order valence-electron chi connectivity index (χ2n) is 6.32. The molecule has 138 valence electrons. The van der Waals surface area contributed by atoms with Crippen molar-refractivity contribution in [2.24, 2.45) is 0 Å². The van der Waals surface area contributed by atoms with Crippen LogP contribution in [0.25, 0.3) is 10.8 Å². The molecule has 0 saturated heterocycles. The minimum atomic E-state index is -0.671. The molecule has 0 bridgehead atoms. The van der Waals surface area contributed by atoms with Crippen molar-refractivity contribution in [3.63, 3.8) is 0 Å². The Labute approximate surface area is 156 Å². The van der Waals surface area contributed by atoms with Gasteiger partial charge < -0.3 is 10.4 Å². The van der Waals surface area contributed by atoms with Gasteiger partial charge in [-0.05, 0) is 28.3 Å². The van der Waals surface area contributed by atoms with Crippen molar-refractivity contribution in [1.29, 1.82) is 0 Å². The quantitative estimate of drug-likeness (QED) is 0.495. The van der Waals surface area contributed by atoms with E-state index in [1.165, 1.54) is 12.1 Å². The normalized spacial score (nSPS) is 11.9. The van der Waals surface area contributed by atoms with Crippen molar-refractivity contribution >= 4 is 22.4 Å². The third-order valence-electron chi connectivity index (χ3n) is 4.43. The summed E-state index contributed by atoms with van der Waals surface area (Å²) in [4.78, 5) is 22.2. The number of nitro groups is 1. The van der Waals surface area contributed by atoms with Crippen molar-refractivity contribution in [2.45, 2.75) is 18.9 Å². The minimum absolute atomic E-state index is 0.00244. The van der Waals surface area contributed by atoms with Gasteiger partial charge in [-0.15, -0.1) is 0 Å². The average molecular weight is 364 g/mol. The molecule has 3 aromatic rings. The number of nitro benzene ring substituents is 1. The van der Waals surface area contributed by atoms with E-state index in [1.54, 1.807) is 12.1 Å². The molecule has 0 fully saturated rings. The average Bonchev–Trinajstić information content (AvgIpc) is 2.67. The number of nitrogens with zero attached hydrogens (tertiary/aromatic N) is 1. The lowest BCUT2D eigenvalue weighted by Gasteiger charge is -2.14. The summed E-state index contributed by atoms with van der Waals surface area (Å²) in [5, 5.41) is 26.0. The van der Waals surface area contributed by atoms with E-state index < -0.39 is 11.0 Å². The van der Waals surface area contributed by atoms with E-state index in [4.69, 9.17) is 0 Å². The number of nitrogens with one attached hydrogen (secondary N) is 1. The number of fused-ring (bicyclic) bond motifs is 1. The van der Waals surface area contributed by atoms with Crippen LogP contribution in [-0.4, -0.2) is 22.5 Å². The topological polar surface area (TPSA) is 92.5 Å². The van der Waals surface area contributed by atoms with Gasteiger partial charge in [-0.1, -0.05) is 54.6 Å². The molecule has 0 radical (unpaired) electrons.